The van der Waals surface area contributed by atoms with Crippen molar-refractivity contribution in [2.75, 3.05) is 11.9 Å². The van der Waals surface area contributed by atoms with Crippen LogP contribution in [0.25, 0.3) is 0 Å². The summed E-state index contributed by atoms with van der Waals surface area (Å²) in [5, 5.41) is 3.67. The molecule has 0 fully saturated rings. The summed E-state index contributed by atoms with van der Waals surface area (Å²) >= 11 is 5.84. The lowest BCUT2D eigenvalue weighted by Gasteiger charge is -2.06. The first kappa shape index (κ1) is 11.8. The van der Waals surface area contributed by atoms with Crippen LogP contribution in [0.5, 0.6) is 0 Å². The van der Waals surface area contributed by atoms with Gasteiger partial charge >= 0.3 is 0 Å². The van der Waals surface area contributed by atoms with Crippen molar-refractivity contribution < 1.29 is 0 Å². The van der Waals surface area contributed by atoms with Gasteiger partial charge in [0.15, 0.2) is 0 Å². The maximum Gasteiger partial charge on any atom is 0.134 e. The first-order chi connectivity index (χ1) is 8.24. The maximum absolute atomic E-state index is 5.84. The summed E-state index contributed by atoms with van der Waals surface area (Å²) in [5.41, 5.74) is 1.19. The lowest BCUT2D eigenvalue weighted by atomic mass is 10.2. The monoisotopic (exact) mass is 248 g/mol. The van der Waals surface area contributed by atoms with Crippen molar-refractivity contribution in [3.8, 4) is 0 Å². The summed E-state index contributed by atoms with van der Waals surface area (Å²) in [6.07, 6.45) is 4.53. The lowest BCUT2D eigenvalue weighted by molar-refractivity contribution is 0.974. The van der Waals surface area contributed by atoms with Crippen LogP contribution < -0.4 is 5.32 Å². The maximum atomic E-state index is 5.84. The number of aryl methyl sites for hydroxylation is 1. The van der Waals surface area contributed by atoms with E-state index < -0.39 is 0 Å². The first-order valence-electron chi connectivity index (χ1n) is 5.38. The summed E-state index contributed by atoms with van der Waals surface area (Å²) < 4.78 is 0. The van der Waals surface area contributed by atoms with E-state index in [1.165, 1.54) is 5.56 Å². The third-order valence-electron chi connectivity index (χ3n) is 2.25. The van der Waals surface area contributed by atoms with E-state index in [0.29, 0.717) is 11.0 Å². The molecule has 2 aromatic heterocycles. The average Bonchev–Trinajstić information content (AvgIpc) is 2.29. The highest BCUT2D eigenvalue weighted by atomic mass is 35.5. The lowest BCUT2D eigenvalue weighted by Crippen LogP contribution is -2.07. The minimum absolute atomic E-state index is 0.460. The van der Waals surface area contributed by atoms with Gasteiger partial charge in [-0.05, 0) is 25.0 Å². The standard InChI is InChI=1S/C12H13ClN4/c1-9-16-11(13)7-12(17-9)15-6-4-10-3-2-5-14-8-10/h2-3,5,7-8H,4,6H2,1H3,(H,15,16,17). The van der Waals surface area contributed by atoms with Crippen LogP contribution in [0.4, 0.5) is 5.82 Å². The van der Waals surface area contributed by atoms with Crippen molar-refractivity contribution in [2.24, 2.45) is 0 Å². The number of rotatable bonds is 4. The molecule has 0 saturated carbocycles. The Morgan fingerprint density at radius 1 is 1.35 bits per heavy atom. The van der Waals surface area contributed by atoms with Crippen molar-refractivity contribution >= 4 is 17.4 Å². The molecule has 0 amide bonds. The number of aromatic nitrogens is 3. The fourth-order valence-corrected chi connectivity index (χ4v) is 1.73. The molecule has 0 atom stereocenters. The molecule has 4 nitrogen and oxygen atoms in total. The van der Waals surface area contributed by atoms with Gasteiger partial charge in [-0.3, -0.25) is 4.98 Å². The Morgan fingerprint density at radius 2 is 2.24 bits per heavy atom. The molecule has 0 aliphatic heterocycles. The second kappa shape index (κ2) is 5.59. The quantitative estimate of drug-likeness (QED) is 0.845. The zero-order valence-electron chi connectivity index (χ0n) is 9.52. The summed E-state index contributed by atoms with van der Waals surface area (Å²) in [6.45, 7) is 2.61. The van der Waals surface area contributed by atoms with E-state index in [-0.39, 0.29) is 0 Å². The number of anilines is 1. The minimum atomic E-state index is 0.460. The van der Waals surface area contributed by atoms with Gasteiger partial charge in [-0.25, -0.2) is 9.97 Å². The molecule has 0 spiro atoms. The average molecular weight is 249 g/mol. The van der Waals surface area contributed by atoms with Crippen molar-refractivity contribution in [1.82, 2.24) is 15.0 Å². The fourth-order valence-electron chi connectivity index (χ4n) is 1.50. The molecule has 5 heteroatoms. The first-order valence-corrected chi connectivity index (χ1v) is 5.76. The normalized spacial score (nSPS) is 10.2. The molecule has 0 aliphatic carbocycles. The molecule has 0 radical (unpaired) electrons. The molecule has 2 aromatic rings. The Labute approximate surface area is 105 Å². The molecule has 0 aliphatic rings. The predicted octanol–water partition coefficient (Wildman–Crippen LogP) is 2.49. The van der Waals surface area contributed by atoms with Crippen LogP contribution in [0.15, 0.2) is 30.6 Å². The largest absolute Gasteiger partial charge is 0.370 e. The second-order valence-corrected chi connectivity index (χ2v) is 4.05. The highest BCUT2D eigenvalue weighted by molar-refractivity contribution is 6.29. The highest BCUT2D eigenvalue weighted by Gasteiger charge is 1.99. The summed E-state index contributed by atoms with van der Waals surface area (Å²) in [7, 11) is 0. The van der Waals surface area contributed by atoms with Gasteiger partial charge < -0.3 is 5.32 Å². The van der Waals surface area contributed by atoms with Crippen molar-refractivity contribution in [1.29, 1.82) is 0 Å². The zero-order valence-corrected chi connectivity index (χ0v) is 10.3. The Bertz CT molecular complexity index is 467. The van der Waals surface area contributed by atoms with Crippen molar-refractivity contribution in [3.63, 3.8) is 0 Å². The minimum Gasteiger partial charge on any atom is -0.370 e. The molecular weight excluding hydrogens is 236 g/mol. The zero-order chi connectivity index (χ0) is 12.1. The smallest absolute Gasteiger partial charge is 0.134 e. The summed E-state index contributed by atoms with van der Waals surface area (Å²) in [4.78, 5) is 12.3. The van der Waals surface area contributed by atoms with Gasteiger partial charge in [-0.15, -0.1) is 0 Å². The molecule has 0 bridgehead atoms. The van der Waals surface area contributed by atoms with Gasteiger partial charge in [-0.2, -0.15) is 0 Å². The number of nitrogens with zero attached hydrogens (tertiary/aromatic N) is 3. The predicted molar refractivity (Wildman–Crippen MR) is 68.2 cm³/mol. The van der Waals surface area contributed by atoms with Crippen molar-refractivity contribution in [3.05, 3.63) is 47.1 Å². The molecule has 0 unspecified atom stereocenters. The van der Waals surface area contributed by atoms with Gasteiger partial charge in [-0.1, -0.05) is 17.7 Å². The van der Waals surface area contributed by atoms with E-state index in [9.17, 15) is 0 Å². The molecule has 0 aromatic carbocycles. The topological polar surface area (TPSA) is 50.7 Å². The number of pyridine rings is 1. The van der Waals surface area contributed by atoms with Gasteiger partial charge in [0.2, 0.25) is 0 Å². The van der Waals surface area contributed by atoms with Crippen LogP contribution in [0.1, 0.15) is 11.4 Å². The molecule has 2 heterocycles. The molecule has 0 saturated heterocycles. The van der Waals surface area contributed by atoms with E-state index in [4.69, 9.17) is 11.6 Å². The Morgan fingerprint density at radius 3 is 2.94 bits per heavy atom. The highest BCUT2D eigenvalue weighted by Crippen LogP contribution is 2.11. The Kier molecular flexibility index (Phi) is 3.88. The number of hydrogen-bond acceptors (Lipinski definition) is 4. The summed E-state index contributed by atoms with van der Waals surface area (Å²) in [6, 6.07) is 5.70. The van der Waals surface area contributed by atoms with Crippen LogP contribution in [-0.2, 0) is 6.42 Å². The van der Waals surface area contributed by atoms with E-state index >= 15 is 0 Å². The molecule has 17 heavy (non-hydrogen) atoms. The van der Waals surface area contributed by atoms with Crippen LogP contribution in [-0.4, -0.2) is 21.5 Å². The van der Waals surface area contributed by atoms with Crippen LogP contribution >= 0.6 is 11.6 Å². The summed E-state index contributed by atoms with van der Waals surface area (Å²) in [5.74, 6) is 1.42. The van der Waals surface area contributed by atoms with E-state index in [0.717, 1.165) is 18.8 Å². The number of hydrogen-bond donors (Lipinski definition) is 1. The van der Waals surface area contributed by atoms with Gasteiger partial charge in [0.05, 0.1) is 0 Å². The van der Waals surface area contributed by atoms with E-state index in [1.54, 1.807) is 12.3 Å². The Balaban J connectivity index is 1.90. The Hall–Kier alpha value is -1.68. The molecule has 1 N–H and O–H groups in total. The van der Waals surface area contributed by atoms with Crippen LogP contribution in [0, 0.1) is 6.92 Å². The van der Waals surface area contributed by atoms with Gasteiger partial charge in [0.25, 0.3) is 0 Å². The van der Waals surface area contributed by atoms with E-state index in [2.05, 4.69) is 20.3 Å². The molecule has 88 valence electrons. The second-order valence-electron chi connectivity index (χ2n) is 3.66. The number of halogens is 1. The van der Waals surface area contributed by atoms with Crippen molar-refractivity contribution in [2.45, 2.75) is 13.3 Å². The fraction of sp³-hybridized carbons (Fsp3) is 0.250. The molecule has 2 rings (SSSR count). The molecular formula is C12H13ClN4. The number of nitrogens with one attached hydrogen (secondary N) is 1. The third-order valence-corrected chi connectivity index (χ3v) is 2.44. The van der Waals surface area contributed by atoms with Crippen LogP contribution in [0.3, 0.4) is 0 Å². The van der Waals surface area contributed by atoms with Crippen LogP contribution in [0.2, 0.25) is 5.15 Å². The third kappa shape index (κ3) is 3.67. The van der Waals surface area contributed by atoms with Gasteiger partial charge in [0, 0.05) is 25.0 Å². The van der Waals surface area contributed by atoms with Gasteiger partial charge in [0.1, 0.15) is 16.8 Å². The SMILES string of the molecule is Cc1nc(Cl)cc(NCCc2cccnc2)n1. The van der Waals surface area contributed by atoms with E-state index in [1.807, 2.05) is 25.3 Å².